The van der Waals surface area contributed by atoms with Gasteiger partial charge in [-0.05, 0) is 39.8 Å². The van der Waals surface area contributed by atoms with Gasteiger partial charge in [-0.25, -0.2) is 0 Å². The molecule has 0 fully saturated rings. The van der Waals surface area contributed by atoms with Crippen molar-refractivity contribution in [3.63, 3.8) is 0 Å². The molecular weight excluding hydrogens is 332 g/mol. The van der Waals surface area contributed by atoms with Crippen molar-refractivity contribution in [2.24, 2.45) is 0 Å². The molecule has 0 saturated heterocycles. The van der Waals surface area contributed by atoms with Crippen LogP contribution in [-0.4, -0.2) is 41.6 Å². The molecular formula is C20H24N2O4. The van der Waals surface area contributed by atoms with Crippen molar-refractivity contribution >= 4 is 17.6 Å². The maximum absolute atomic E-state index is 12.4. The van der Waals surface area contributed by atoms with Crippen LogP contribution in [0.25, 0.3) is 11.3 Å². The Morgan fingerprint density at radius 2 is 1.65 bits per heavy atom. The Labute approximate surface area is 153 Å². The van der Waals surface area contributed by atoms with Gasteiger partial charge in [-0.15, -0.1) is 0 Å². The van der Waals surface area contributed by atoms with Crippen LogP contribution < -0.4 is 5.32 Å². The smallest absolute Gasteiger partial charge is 0.289 e. The molecule has 0 bridgehead atoms. The van der Waals surface area contributed by atoms with E-state index in [2.05, 4.69) is 5.32 Å². The number of carbonyl (C=O) groups is 3. The molecule has 0 aliphatic heterocycles. The van der Waals surface area contributed by atoms with Crippen molar-refractivity contribution in [3.8, 4) is 11.3 Å². The fourth-order valence-corrected chi connectivity index (χ4v) is 2.41. The summed E-state index contributed by atoms with van der Waals surface area (Å²) in [6.45, 7) is 7.08. The van der Waals surface area contributed by atoms with E-state index in [0.29, 0.717) is 11.3 Å². The van der Waals surface area contributed by atoms with Crippen LogP contribution in [0.2, 0.25) is 0 Å². The molecule has 1 heterocycles. The van der Waals surface area contributed by atoms with Crippen molar-refractivity contribution in [1.82, 2.24) is 10.2 Å². The SMILES string of the molecule is CC(=O)c1ccc(-c2ccc(C(=O)N(C)CC(=O)NC(C)(C)C)o2)cc1. The number of hydrogen-bond acceptors (Lipinski definition) is 4. The van der Waals surface area contributed by atoms with E-state index in [9.17, 15) is 14.4 Å². The highest BCUT2D eigenvalue weighted by atomic mass is 16.4. The largest absolute Gasteiger partial charge is 0.451 e. The second kappa shape index (κ2) is 7.56. The van der Waals surface area contributed by atoms with E-state index >= 15 is 0 Å². The molecule has 2 aromatic rings. The van der Waals surface area contributed by atoms with Gasteiger partial charge in [0.2, 0.25) is 5.91 Å². The van der Waals surface area contributed by atoms with Crippen molar-refractivity contribution in [1.29, 1.82) is 0 Å². The second-order valence-electron chi connectivity index (χ2n) is 7.26. The van der Waals surface area contributed by atoms with Gasteiger partial charge in [-0.1, -0.05) is 24.3 Å². The molecule has 0 saturated carbocycles. The van der Waals surface area contributed by atoms with E-state index in [0.717, 1.165) is 5.56 Å². The van der Waals surface area contributed by atoms with Crippen LogP contribution in [0.1, 0.15) is 48.6 Å². The average molecular weight is 356 g/mol. The lowest BCUT2D eigenvalue weighted by Crippen LogP contribution is -2.46. The van der Waals surface area contributed by atoms with E-state index in [1.54, 1.807) is 43.4 Å². The van der Waals surface area contributed by atoms with Gasteiger partial charge < -0.3 is 14.6 Å². The highest BCUT2D eigenvalue weighted by molar-refractivity contribution is 5.95. The summed E-state index contributed by atoms with van der Waals surface area (Å²) >= 11 is 0. The summed E-state index contributed by atoms with van der Waals surface area (Å²) < 4.78 is 5.63. The molecule has 0 unspecified atom stereocenters. The molecule has 1 aromatic carbocycles. The van der Waals surface area contributed by atoms with Crippen molar-refractivity contribution in [2.75, 3.05) is 13.6 Å². The molecule has 1 N–H and O–H groups in total. The van der Waals surface area contributed by atoms with Gasteiger partial charge in [-0.2, -0.15) is 0 Å². The van der Waals surface area contributed by atoms with Gasteiger partial charge in [0.25, 0.3) is 5.91 Å². The lowest BCUT2D eigenvalue weighted by Gasteiger charge is -2.23. The van der Waals surface area contributed by atoms with Gasteiger partial charge in [0, 0.05) is 23.7 Å². The molecule has 2 amide bonds. The number of amides is 2. The minimum atomic E-state index is -0.374. The Hall–Kier alpha value is -2.89. The number of furan rings is 1. The number of carbonyl (C=O) groups excluding carboxylic acids is 3. The van der Waals surface area contributed by atoms with E-state index in [-0.39, 0.29) is 35.4 Å². The third kappa shape index (κ3) is 5.05. The van der Waals surface area contributed by atoms with Crippen LogP contribution in [0.15, 0.2) is 40.8 Å². The first-order chi connectivity index (χ1) is 12.1. The minimum Gasteiger partial charge on any atom is -0.451 e. The zero-order valence-corrected chi connectivity index (χ0v) is 15.8. The summed E-state index contributed by atoms with van der Waals surface area (Å²) in [5.74, 6) is 0.0559. The summed E-state index contributed by atoms with van der Waals surface area (Å²) in [6.07, 6.45) is 0. The first kappa shape index (κ1) is 19.4. The number of nitrogens with zero attached hydrogens (tertiary/aromatic N) is 1. The van der Waals surface area contributed by atoms with Gasteiger partial charge in [-0.3, -0.25) is 14.4 Å². The zero-order chi connectivity index (χ0) is 19.5. The van der Waals surface area contributed by atoms with Crippen LogP contribution in [-0.2, 0) is 4.79 Å². The minimum absolute atomic E-state index is 0.0120. The van der Waals surface area contributed by atoms with E-state index in [1.807, 2.05) is 20.8 Å². The fourth-order valence-electron chi connectivity index (χ4n) is 2.41. The van der Waals surface area contributed by atoms with Crippen molar-refractivity contribution in [3.05, 3.63) is 47.7 Å². The van der Waals surface area contributed by atoms with Crippen LogP contribution >= 0.6 is 0 Å². The molecule has 0 aliphatic carbocycles. The number of hydrogen-bond donors (Lipinski definition) is 1. The molecule has 0 spiro atoms. The average Bonchev–Trinajstić information content (AvgIpc) is 3.02. The molecule has 138 valence electrons. The first-order valence-electron chi connectivity index (χ1n) is 8.34. The Morgan fingerprint density at radius 3 is 2.19 bits per heavy atom. The maximum Gasteiger partial charge on any atom is 0.289 e. The second-order valence-corrected chi connectivity index (χ2v) is 7.26. The topological polar surface area (TPSA) is 79.6 Å². The van der Waals surface area contributed by atoms with Gasteiger partial charge in [0.1, 0.15) is 5.76 Å². The normalized spacial score (nSPS) is 11.1. The van der Waals surface area contributed by atoms with E-state index in [1.165, 1.54) is 11.8 Å². The summed E-state index contributed by atoms with van der Waals surface area (Å²) in [5, 5.41) is 2.81. The number of Topliss-reactive ketones (excluding diaryl/α,β-unsaturated/α-hetero) is 1. The monoisotopic (exact) mass is 356 g/mol. The highest BCUT2D eigenvalue weighted by Crippen LogP contribution is 2.23. The quantitative estimate of drug-likeness (QED) is 0.835. The molecule has 0 atom stereocenters. The summed E-state index contributed by atoms with van der Waals surface area (Å²) in [7, 11) is 1.55. The number of likely N-dealkylation sites (N-methyl/N-ethyl adjacent to an activating group) is 1. The summed E-state index contributed by atoms with van der Waals surface area (Å²) in [4.78, 5) is 37.0. The van der Waals surface area contributed by atoms with Crippen LogP contribution in [0.4, 0.5) is 0 Å². The predicted octanol–water partition coefficient (Wildman–Crippen LogP) is 3.14. The van der Waals surface area contributed by atoms with Crippen LogP contribution in [0.5, 0.6) is 0 Å². The van der Waals surface area contributed by atoms with E-state index in [4.69, 9.17) is 4.42 Å². The molecule has 0 radical (unpaired) electrons. The van der Waals surface area contributed by atoms with E-state index < -0.39 is 0 Å². The van der Waals surface area contributed by atoms with Gasteiger partial charge in [0.15, 0.2) is 11.5 Å². The van der Waals surface area contributed by atoms with Crippen molar-refractivity contribution in [2.45, 2.75) is 33.2 Å². The predicted molar refractivity (Wildman–Crippen MR) is 99.0 cm³/mol. The molecule has 6 nitrogen and oxygen atoms in total. The van der Waals surface area contributed by atoms with Crippen LogP contribution in [0.3, 0.4) is 0 Å². The maximum atomic E-state index is 12.4. The molecule has 6 heteroatoms. The molecule has 26 heavy (non-hydrogen) atoms. The van der Waals surface area contributed by atoms with Gasteiger partial charge >= 0.3 is 0 Å². The fraction of sp³-hybridized carbons (Fsp3) is 0.350. The Balaban J connectivity index is 2.07. The Bertz CT molecular complexity index is 813. The number of ketones is 1. The lowest BCUT2D eigenvalue weighted by atomic mass is 10.1. The molecule has 1 aromatic heterocycles. The molecule has 2 rings (SSSR count). The van der Waals surface area contributed by atoms with Gasteiger partial charge in [0.05, 0.1) is 6.54 Å². The lowest BCUT2D eigenvalue weighted by molar-refractivity contribution is -0.123. The third-order valence-corrected chi connectivity index (χ3v) is 3.63. The Kier molecular flexibility index (Phi) is 5.65. The highest BCUT2D eigenvalue weighted by Gasteiger charge is 2.21. The summed E-state index contributed by atoms with van der Waals surface area (Å²) in [5.41, 5.74) is 1.02. The number of nitrogens with one attached hydrogen (secondary N) is 1. The third-order valence-electron chi connectivity index (χ3n) is 3.63. The van der Waals surface area contributed by atoms with Crippen molar-refractivity contribution < 1.29 is 18.8 Å². The zero-order valence-electron chi connectivity index (χ0n) is 15.8. The first-order valence-corrected chi connectivity index (χ1v) is 8.34. The number of rotatable bonds is 5. The standard InChI is InChI=1S/C20H24N2O4/c1-13(23)14-6-8-15(9-7-14)16-10-11-17(26-16)19(25)22(5)12-18(24)21-20(2,3)4/h6-11H,12H2,1-5H3,(H,21,24). The number of benzene rings is 1. The molecule has 0 aliphatic rings. The Morgan fingerprint density at radius 1 is 1.04 bits per heavy atom. The van der Waals surface area contributed by atoms with Crippen LogP contribution in [0, 0.1) is 0 Å². The summed E-state index contributed by atoms with van der Waals surface area (Å²) in [6, 6.07) is 10.2.